The van der Waals surface area contributed by atoms with Crippen LogP contribution in [0.15, 0.2) is 59.7 Å². The van der Waals surface area contributed by atoms with Crippen LogP contribution >= 0.6 is 0 Å². The number of rotatable bonds is 5. The molecule has 106 valence electrons. The molecule has 1 N–H and O–H groups in total. The van der Waals surface area contributed by atoms with Crippen LogP contribution in [0.3, 0.4) is 0 Å². The molecule has 0 saturated heterocycles. The highest BCUT2D eigenvalue weighted by Crippen LogP contribution is 2.28. The van der Waals surface area contributed by atoms with Gasteiger partial charge in [0, 0.05) is 5.92 Å². The quantitative estimate of drug-likeness (QED) is 0.674. The summed E-state index contributed by atoms with van der Waals surface area (Å²) in [5.41, 5.74) is 3.46. The van der Waals surface area contributed by atoms with Crippen LogP contribution in [0.5, 0.6) is 11.5 Å². The Balaban J connectivity index is 1.56. The molecule has 0 aromatic heterocycles. The molecule has 0 bridgehead atoms. The second-order valence-corrected chi connectivity index (χ2v) is 4.99. The molecule has 0 unspecified atom stereocenters. The van der Waals surface area contributed by atoms with Gasteiger partial charge in [-0.05, 0) is 54.8 Å². The number of hydrazone groups is 1. The lowest BCUT2D eigenvalue weighted by Gasteiger charge is -2.05. The molecule has 4 heteroatoms. The third-order valence-corrected chi connectivity index (χ3v) is 3.20. The van der Waals surface area contributed by atoms with E-state index < -0.39 is 0 Å². The van der Waals surface area contributed by atoms with E-state index in [9.17, 15) is 4.79 Å². The molecule has 4 nitrogen and oxygen atoms in total. The van der Waals surface area contributed by atoms with E-state index in [1.54, 1.807) is 6.21 Å². The number of para-hydroxylation sites is 1. The van der Waals surface area contributed by atoms with Crippen molar-refractivity contribution in [3.63, 3.8) is 0 Å². The van der Waals surface area contributed by atoms with Gasteiger partial charge in [-0.2, -0.15) is 5.10 Å². The van der Waals surface area contributed by atoms with Gasteiger partial charge in [0.2, 0.25) is 5.91 Å². The zero-order valence-electron chi connectivity index (χ0n) is 11.5. The summed E-state index contributed by atoms with van der Waals surface area (Å²) < 4.78 is 5.70. The number of nitrogens with one attached hydrogen (secondary N) is 1. The minimum Gasteiger partial charge on any atom is -0.457 e. The molecule has 1 aliphatic rings. The van der Waals surface area contributed by atoms with Gasteiger partial charge in [0.15, 0.2) is 0 Å². The number of hydrogen-bond acceptors (Lipinski definition) is 3. The van der Waals surface area contributed by atoms with Crippen molar-refractivity contribution in [1.82, 2.24) is 5.43 Å². The molecule has 2 aromatic carbocycles. The van der Waals surface area contributed by atoms with Crippen molar-refractivity contribution in [2.45, 2.75) is 12.8 Å². The molecular weight excluding hydrogens is 264 g/mol. The first-order chi connectivity index (χ1) is 10.3. The SMILES string of the molecule is O=C(NN=Cc1ccc(Oc2ccccc2)cc1)C1CC1. The second-order valence-electron chi connectivity index (χ2n) is 4.99. The molecule has 0 aliphatic heterocycles. The van der Waals surface area contributed by atoms with Crippen molar-refractivity contribution < 1.29 is 9.53 Å². The normalized spacial score (nSPS) is 14.1. The summed E-state index contributed by atoms with van der Waals surface area (Å²) in [4.78, 5) is 11.4. The number of amides is 1. The molecular formula is C17H16N2O2. The smallest absolute Gasteiger partial charge is 0.243 e. The molecule has 1 saturated carbocycles. The Kier molecular flexibility index (Phi) is 3.96. The summed E-state index contributed by atoms with van der Waals surface area (Å²) in [6.07, 6.45) is 3.59. The van der Waals surface area contributed by atoms with Crippen molar-refractivity contribution >= 4 is 12.1 Å². The third-order valence-electron chi connectivity index (χ3n) is 3.20. The van der Waals surface area contributed by atoms with Gasteiger partial charge in [0.25, 0.3) is 0 Å². The number of ether oxygens (including phenoxy) is 1. The molecule has 0 radical (unpaired) electrons. The minimum atomic E-state index is 0.00952. The van der Waals surface area contributed by atoms with Crippen molar-refractivity contribution in [3.05, 3.63) is 60.2 Å². The van der Waals surface area contributed by atoms with Crippen LogP contribution in [0.1, 0.15) is 18.4 Å². The van der Waals surface area contributed by atoms with Crippen molar-refractivity contribution in [3.8, 4) is 11.5 Å². The maximum Gasteiger partial charge on any atom is 0.243 e. The van der Waals surface area contributed by atoms with E-state index in [1.807, 2.05) is 54.6 Å². The molecule has 0 atom stereocenters. The van der Waals surface area contributed by atoms with E-state index in [0.717, 1.165) is 29.9 Å². The summed E-state index contributed by atoms with van der Waals surface area (Å²) in [6, 6.07) is 17.1. The van der Waals surface area contributed by atoms with Gasteiger partial charge in [0.05, 0.1) is 6.21 Å². The summed E-state index contributed by atoms with van der Waals surface area (Å²) in [5.74, 6) is 1.75. The van der Waals surface area contributed by atoms with E-state index in [1.165, 1.54) is 0 Å². The number of carbonyl (C=O) groups is 1. The summed E-state index contributed by atoms with van der Waals surface area (Å²) in [6.45, 7) is 0. The van der Waals surface area contributed by atoms with Crippen molar-refractivity contribution in [1.29, 1.82) is 0 Å². The lowest BCUT2D eigenvalue weighted by Crippen LogP contribution is -2.18. The van der Waals surface area contributed by atoms with E-state index >= 15 is 0 Å². The fourth-order valence-corrected chi connectivity index (χ4v) is 1.85. The Morgan fingerprint density at radius 3 is 2.38 bits per heavy atom. The molecule has 0 heterocycles. The second kappa shape index (κ2) is 6.22. The largest absolute Gasteiger partial charge is 0.457 e. The first-order valence-electron chi connectivity index (χ1n) is 6.97. The molecule has 2 aromatic rings. The number of hydrogen-bond donors (Lipinski definition) is 1. The van der Waals surface area contributed by atoms with Crippen LogP contribution in [-0.2, 0) is 4.79 Å². The zero-order chi connectivity index (χ0) is 14.5. The highest BCUT2D eigenvalue weighted by Gasteiger charge is 2.29. The number of nitrogens with zero attached hydrogens (tertiary/aromatic N) is 1. The van der Waals surface area contributed by atoms with Gasteiger partial charge in [-0.25, -0.2) is 5.43 Å². The van der Waals surface area contributed by atoms with Crippen LogP contribution in [0.2, 0.25) is 0 Å². The zero-order valence-corrected chi connectivity index (χ0v) is 11.5. The highest BCUT2D eigenvalue weighted by molar-refractivity contribution is 5.84. The predicted molar refractivity (Wildman–Crippen MR) is 81.4 cm³/mol. The van der Waals surface area contributed by atoms with Gasteiger partial charge in [0.1, 0.15) is 11.5 Å². The average Bonchev–Trinajstić information content (AvgIpc) is 3.35. The maximum absolute atomic E-state index is 11.4. The fourth-order valence-electron chi connectivity index (χ4n) is 1.85. The molecule has 0 spiro atoms. The predicted octanol–water partition coefficient (Wildman–Crippen LogP) is 3.34. The summed E-state index contributed by atoms with van der Waals surface area (Å²) in [7, 11) is 0. The Bertz CT molecular complexity index is 632. The van der Waals surface area contributed by atoms with Gasteiger partial charge in [-0.15, -0.1) is 0 Å². The average molecular weight is 280 g/mol. The van der Waals surface area contributed by atoms with Gasteiger partial charge in [-0.3, -0.25) is 4.79 Å². The Morgan fingerprint density at radius 2 is 1.71 bits per heavy atom. The van der Waals surface area contributed by atoms with Crippen LogP contribution in [-0.4, -0.2) is 12.1 Å². The summed E-state index contributed by atoms with van der Waals surface area (Å²) >= 11 is 0. The number of benzene rings is 2. The Hall–Kier alpha value is -2.62. The lowest BCUT2D eigenvalue weighted by molar-refractivity contribution is -0.122. The number of carbonyl (C=O) groups excluding carboxylic acids is 1. The summed E-state index contributed by atoms with van der Waals surface area (Å²) in [5, 5.41) is 3.95. The topological polar surface area (TPSA) is 50.7 Å². The van der Waals surface area contributed by atoms with Crippen LogP contribution in [0, 0.1) is 5.92 Å². The standard InChI is InChI=1S/C17H16N2O2/c20-17(14-8-9-14)19-18-12-13-6-10-16(11-7-13)21-15-4-2-1-3-5-15/h1-7,10-12,14H,8-9H2,(H,19,20). The minimum absolute atomic E-state index is 0.00952. The third kappa shape index (κ3) is 3.92. The Labute approximate surface area is 123 Å². The van der Waals surface area contributed by atoms with Gasteiger partial charge >= 0.3 is 0 Å². The van der Waals surface area contributed by atoms with Crippen LogP contribution in [0.4, 0.5) is 0 Å². The highest BCUT2D eigenvalue weighted by atomic mass is 16.5. The maximum atomic E-state index is 11.4. The monoisotopic (exact) mass is 280 g/mol. The molecule has 1 fully saturated rings. The van der Waals surface area contributed by atoms with Crippen molar-refractivity contribution in [2.75, 3.05) is 0 Å². The van der Waals surface area contributed by atoms with E-state index in [0.29, 0.717) is 0 Å². The van der Waals surface area contributed by atoms with Crippen molar-refractivity contribution in [2.24, 2.45) is 11.0 Å². The molecule has 1 aliphatic carbocycles. The fraction of sp³-hybridized carbons (Fsp3) is 0.176. The van der Waals surface area contributed by atoms with E-state index in [4.69, 9.17) is 4.74 Å². The van der Waals surface area contributed by atoms with E-state index in [2.05, 4.69) is 10.5 Å². The molecule has 3 rings (SSSR count). The van der Waals surface area contributed by atoms with Gasteiger partial charge < -0.3 is 4.74 Å². The first-order valence-corrected chi connectivity index (χ1v) is 6.97. The van der Waals surface area contributed by atoms with Crippen LogP contribution in [0.25, 0.3) is 0 Å². The first kappa shape index (κ1) is 13.4. The molecule has 1 amide bonds. The van der Waals surface area contributed by atoms with Gasteiger partial charge in [-0.1, -0.05) is 18.2 Å². The van der Waals surface area contributed by atoms with Crippen LogP contribution < -0.4 is 10.2 Å². The van der Waals surface area contributed by atoms with E-state index in [-0.39, 0.29) is 11.8 Å². The molecule has 21 heavy (non-hydrogen) atoms. The Morgan fingerprint density at radius 1 is 1.05 bits per heavy atom. The lowest BCUT2D eigenvalue weighted by atomic mass is 10.2.